The molecule has 1 amide bonds. The van der Waals surface area contributed by atoms with Crippen molar-refractivity contribution in [1.82, 2.24) is 9.78 Å². The van der Waals surface area contributed by atoms with Crippen LogP contribution < -0.4 is 4.90 Å². The van der Waals surface area contributed by atoms with Crippen LogP contribution in [0.1, 0.15) is 21.5 Å². The standard InChI is InChI=1S/C32H25ClFN3O3/c1-36-30-12-11-23(16-26(30)19-35-36)24-9-10-25(29(33)17-24)20-37(32(39)22-6-4-3-5-7-22)28-15-21(14-27(34)18-28)8-13-31(38)40-2/h3-19H,20H2,1-2H3/b13-8+. The summed E-state index contributed by atoms with van der Waals surface area (Å²) in [6.07, 6.45) is 4.44. The summed E-state index contributed by atoms with van der Waals surface area (Å²) in [5.41, 5.74) is 4.78. The average Bonchev–Trinajstić information content (AvgIpc) is 3.34. The molecule has 0 aliphatic carbocycles. The number of aromatic nitrogens is 2. The van der Waals surface area contributed by atoms with Crippen LogP contribution in [0.5, 0.6) is 0 Å². The molecule has 0 fully saturated rings. The molecule has 0 unspecified atom stereocenters. The number of rotatable bonds is 7. The maximum absolute atomic E-state index is 14.7. The van der Waals surface area contributed by atoms with Gasteiger partial charge in [0.05, 0.1) is 25.4 Å². The van der Waals surface area contributed by atoms with Crippen LogP contribution in [0.2, 0.25) is 5.02 Å². The van der Waals surface area contributed by atoms with Crippen LogP contribution in [0, 0.1) is 5.82 Å². The molecule has 0 bridgehead atoms. The van der Waals surface area contributed by atoms with Crippen LogP contribution in [0.3, 0.4) is 0 Å². The van der Waals surface area contributed by atoms with Crippen LogP contribution in [-0.2, 0) is 23.1 Å². The maximum atomic E-state index is 14.7. The summed E-state index contributed by atoms with van der Waals surface area (Å²) in [5.74, 6) is -1.45. The summed E-state index contributed by atoms with van der Waals surface area (Å²) in [5, 5.41) is 5.79. The molecule has 0 radical (unpaired) electrons. The minimum Gasteiger partial charge on any atom is -0.466 e. The fourth-order valence-electron chi connectivity index (χ4n) is 4.47. The fraction of sp³-hybridized carbons (Fsp3) is 0.0938. The van der Waals surface area contributed by atoms with E-state index in [0.29, 0.717) is 27.4 Å². The number of anilines is 1. The third-order valence-corrected chi connectivity index (χ3v) is 6.91. The molecule has 1 aromatic heterocycles. The highest BCUT2D eigenvalue weighted by Crippen LogP contribution is 2.31. The van der Waals surface area contributed by atoms with Gasteiger partial charge in [-0.2, -0.15) is 5.10 Å². The first-order valence-corrected chi connectivity index (χ1v) is 12.8. The van der Waals surface area contributed by atoms with E-state index in [1.807, 2.05) is 54.3 Å². The molecule has 0 aliphatic rings. The number of nitrogens with zero attached hydrogens (tertiary/aromatic N) is 3. The first-order chi connectivity index (χ1) is 19.3. The summed E-state index contributed by atoms with van der Waals surface area (Å²) in [4.78, 5) is 26.7. The quantitative estimate of drug-likeness (QED) is 0.160. The van der Waals surface area contributed by atoms with Crippen molar-refractivity contribution < 1.29 is 18.7 Å². The molecule has 5 aromatic rings. The van der Waals surface area contributed by atoms with Crippen molar-refractivity contribution in [1.29, 1.82) is 0 Å². The molecule has 0 saturated carbocycles. The van der Waals surface area contributed by atoms with Gasteiger partial charge in [-0.1, -0.05) is 48.0 Å². The highest BCUT2D eigenvalue weighted by atomic mass is 35.5. The van der Waals surface area contributed by atoms with Crippen LogP contribution in [0.4, 0.5) is 10.1 Å². The molecule has 0 N–H and O–H groups in total. The number of fused-ring (bicyclic) bond motifs is 1. The molecule has 40 heavy (non-hydrogen) atoms. The Hall–Kier alpha value is -4.75. The van der Waals surface area contributed by atoms with Gasteiger partial charge in [0.2, 0.25) is 0 Å². The molecule has 8 heteroatoms. The van der Waals surface area contributed by atoms with Crippen molar-refractivity contribution in [3.63, 3.8) is 0 Å². The predicted molar refractivity (Wildman–Crippen MR) is 156 cm³/mol. The molecule has 200 valence electrons. The normalized spacial score (nSPS) is 11.2. The van der Waals surface area contributed by atoms with Crippen molar-refractivity contribution in [2.45, 2.75) is 6.54 Å². The molecule has 1 heterocycles. The van der Waals surface area contributed by atoms with E-state index in [-0.39, 0.29) is 12.5 Å². The zero-order chi connectivity index (χ0) is 28.2. The van der Waals surface area contributed by atoms with Gasteiger partial charge in [0, 0.05) is 34.8 Å². The predicted octanol–water partition coefficient (Wildman–Crippen LogP) is 7.07. The Balaban J connectivity index is 1.51. The van der Waals surface area contributed by atoms with E-state index in [1.54, 1.807) is 30.3 Å². The summed E-state index contributed by atoms with van der Waals surface area (Å²) in [6, 6.07) is 24.7. The topological polar surface area (TPSA) is 64.4 Å². The van der Waals surface area contributed by atoms with Gasteiger partial charge in [-0.15, -0.1) is 0 Å². The maximum Gasteiger partial charge on any atom is 0.330 e. The molecule has 0 spiro atoms. The third-order valence-electron chi connectivity index (χ3n) is 6.56. The molecule has 4 aromatic carbocycles. The number of benzene rings is 4. The summed E-state index contributed by atoms with van der Waals surface area (Å²) >= 11 is 6.76. The van der Waals surface area contributed by atoms with Gasteiger partial charge < -0.3 is 9.64 Å². The lowest BCUT2D eigenvalue weighted by molar-refractivity contribution is -0.134. The zero-order valence-electron chi connectivity index (χ0n) is 21.8. The Labute approximate surface area is 235 Å². The van der Waals surface area contributed by atoms with Gasteiger partial charge in [-0.25, -0.2) is 9.18 Å². The van der Waals surface area contributed by atoms with Crippen molar-refractivity contribution in [3.8, 4) is 11.1 Å². The molecular formula is C32H25ClFN3O3. The van der Waals surface area contributed by atoms with Crippen LogP contribution >= 0.6 is 11.6 Å². The Morgan fingerprint density at radius 3 is 2.50 bits per heavy atom. The number of methoxy groups -OCH3 is 1. The number of halogens is 2. The van der Waals surface area contributed by atoms with Gasteiger partial charge >= 0.3 is 5.97 Å². The molecule has 0 aliphatic heterocycles. The molecule has 0 atom stereocenters. The minimum absolute atomic E-state index is 0.0953. The van der Waals surface area contributed by atoms with Crippen LogP contribution in [0.25, 0.3) is 28.1 Å². The number of carbonyl (C=O) groups is 2. The van der Waals surface area contributed by atoms with Crippen LogP contribution in [-0.4, -0.2) is 28.8 Å². The first-order valence-electron chi connectivity index (χ1n) is 12.5. The third kappa shape index (κ3) is 5.80. The van der Waals surface area contributed by atoms with E-state index in [1.165, 1.54) is 36.3 Å². The number of aryl methyl sites for hydroxylation is 1. The zero-order valence-corrected chi connectivity index (χ0v) is 22.6. The van der Waals surface area contributed by atoms with E-state index in [9.17, 15) is 14.0 Å². The van der Waals surface area contributed by atoms with Gasteiger partial charge in [-0.3, -0.25) is 9.48 Å². The number of hydrogen-bond acceptors (Lipinski definition) is 4. The molecule has 6 nitrogen and oxygen atoms in total. The van der Waals surface area contributed by atoms with E-state index in [2.05, 4.69) is 15.9 Å². The number of hydrogen-bond donors (Lipinski definition) is 0. The number of ether oxygens (including phenoxy) is 1. The fourth-order valence-corrected chi connectivity index (χ4v) is 4.71. The second-order valence-electron chi connectivity index (χ2n) is 9.20. The van der Waals surface area contributed by atoms with E-state index >= 15 is 0 Å². The first kappa shape index (κ1) is 26.8. The van der Waals surface area contributed by atoms with Crippen molar-refractivity contribution in [3.05, 3.63) is 125 Å². The SMILES string of the molecule is COC(=O)/C=C/c1cc(F)cc(N(Cc2ccc(-c3ccc4c(cnn4C)c3)cc2Cl)C(=O)c2ccccc2)c1. The Morgan fingerprint density at radius 1 is 1.00 bits per heavy atom. The van der Waals surface area contributed by atoms with Gasteiger partial charge in [0.15, 0.2) is 0 Å². The highest BCUT2D eigenvalue weighted by Gasteiger charge is 2.21. The second-order valence-corrected chi connectivity index (χ2v) is 9.61. The van der Waals surface area contributed by atoms with Crippen molar-refractivity contribution in [2.24, 2.45) is 7.05 Å². The monoisotopic (exact) mass is 553 g/mol. The summed E-state index contributed by atoms with van der Waals surface area (Å²) in [7, 11) is 3.16. The number of carbonyl (C=O) groups excluding carboxylic acids is 2. The average molecular weight is 554 g/mol. The Bertz CT molecular complexity index is 1750. The molecular weight excluding hydrogens is 529 g/mol. The highest BCUT2D eigenvalue weighted by molar-refractivity contribution is 6.31. The van der Waals surface area contributed by atoms with E-state index in [4.69, 9.17) is 11.6 Å². The summed E-state index contributed by atoms with van der Waals surface area (Å²) in [6.45, 7) is 0.0953. The minimum atomic E-state index is -0.572. The van der Waals surface area contributed by atoms with E-state index < -0.39 is 11.8 Å². The second kappa shape index (κ2) is 11.6. The number of amides is 1. The summed E-state index contributed by atoms with van der Waals surface area (Å²) < 4.78 is 21.2. The van der Waals surface area contributed by atoms with E-state index in [0.717, 1.165) is 22.0 Å². The van der Waals surface area contributed by atoms with Gasteiger partial charge in [0.25, 0.3) is 5.91 Å². The Kier molecular flexibility index (Phi) is 7.75. The lowest BCUT2D eigenvalue weighted by Gasteiger charge is -2.24. The lowest BCUT2D eigenvalue weighted by atomic mass is 10.0. The van der Waals surface area contributed by atoms with Gasteiger partial charge in [-0.05, 0) is 76.9 Å². The van der Waals surface area contributed by atoms with Crippen LogP contribution in [0.15, 0.2) is 97.2 Å². The molecule has 0 saturated heterocycles. The van der Waals surface area contributed by atoms with Crippen molar-refractivity contribution in [2.75, 3.05) is 12.0 Å². The lowest BCUT2D eigenvalue weighted by Crippen LogP contribution is -2.30. The smallest absolute Gasteiger partial charge is 0.330 e. The van der Waals surface area contributed by atoms with Crippen molar-refractivity contribution >= 4 is 46.1 Å². The number of esters is 1. The van der Waals surface area contributed by atoms with Gasteiger partial charge in [0.1, 0.15) is 5.82 Å². The largest absolute Gasteiger partial charge is 0.466 e. The Morgan fingerprint density at radius 2 is 1.75 bits per heavy atom. The molecule has 5 rings (SSSR count).